The van der Waals surface area contributed by atoms with Gasteiger partial charge in [0.2, 0.25) is 10.0 Å². The zero-order valence-corrected chi connectivity index (χ0v) is 13.5. The van der Waals surface area contributed by atoms with Crippen molar-refractivity contribution in [1.82, 2.24) is 4.72 Å². The molecule has 0 radical (unpaired) electrons. The second kappa shape index (κ2) is 8.02. The molecule has 128 valence electrons. The van der Waals surface area contributed by atoms with E-state index < -0.39 is 38.7 Å². The summed E-state index contributed by atoms with van der Waals surface area (Å²) in [4.78, 5) is 21.7. The highest BCUT2D eigenvalue weighted by molar-refractivity contribution is 7.89. The van der Waals surface area contributed by atoms with Crippen LogP contribution in [0.25, 0.3) is 0 Å². The molecule has 0 saturated heterocycles. The summed E-state index contributed by atoms with van der Waals surface area (Å²) in [5.41, 5.74) is -0.0147. The monoisotopic (exact) mass is 347 g/mol. The molecule has 7 nitrogen and oxygen atoms in total. The van der Waals surface area contributed by atoms with Gasteiger partial charge in [-0.25, -0.2) is 12.8 Å². The lowest BCUT2D eigenvalue weighted by Gasteiger charge is -2.14. The minimum Gasteiger partial charge on any atom is -0.480 e. The molecule has 2 N–H and O–H groups in total. The Bertz CT molecular complexity index is 689. The Morgan fingerprint density at radius 2 is 2.04 bits per heavy atom. The number of nitrogens with one attached hydrogen (secondary N) is 1. The molecule has 0 spiro atoms. The number of carboxylic acids is 1. The first-order valence-corrected chi connectivity index (χ1v) is 8.30. The number of esters is 1. The first kappa shape index (κ1) is 19.0. The number of methoxy groups -OCH3 is 1. The number of ether oxygens (including phenoxy) is 1. The number of benzene rings is 1. The predicted molar refractivity (Wildman–Crippen MR) is 78.8 cm³/mol. The Morgan fingerprint density at radius 1 is 1.39 bits per heavy atom. The molecule has 1 aromatic carbocycles. The summed E-state index contributed by atoms with van der Waals surface area (Å²) in [7, 11) is -3.03. The van der Waals surface area contributed by atoms with Crippen LogP contribution in [0.15, 0.2) is 23.1 Å². The van der Waals surface area contributed by atoms with E-state index in [9.17, 15) is 22.4 Å². The van der Waals surface area contributed by atoms with Crippen molar-refractivity contribution in [3.05, 3.63) is 29.6 Å². The topological polar surface area (TPSA) is 110 Å². The van der Waals surface area contributed by atoms with Crippen molar-refractivity contribution >= 4 is 22.0 Å². The lowest BCUT2D eigenvalue weighted by atomic mass is 10.1. The molecule has 0 aliphatic heterocycles. The Labute approximate surface area is 133 Å². The molecule has 1 aromatic rings. The van der Waals surface area contributed by atoms with E-state index >= 15 is 0 Å². The molecule has 0 aliphatic rings. The highest BCUT2D eigenvalue weighted by Gasteiger charge is 2.25. The predicted octanol–water partition coefficient (Wildman–Crippen LogP) is 1.07. The zero-order valence-electron chi connectivity index (χ0n) is 12.7. The van der Waals surface area contributed by atoms with Gasteiger partial charge in [0.15, 0.2) is 0 Å². The summed E-state index contributed by atoms with van der Waals surface area (Å²) >= 11 is 0. The van der Waals surface area contributed by atoms with Crippen LogP contribution in [0.2, 0.25) is 0 Å². The molecule has 0 heterocycles. The largest absolute Gasteiger partial charge is 0.480 e. The summed E-state index contributed by atoms with van der Waals surface area (Å²) in [5.74, 6) is -2.86. The molecular formula is C14H18FNO6S. The Kier molecular flexibility index (Phi) is 6.64. The Morgan fingerprint density at radius 3 is 2.52 bits per heavy atom. The molecular weight excluding hydrogens is 329 g/mol. The van der Waals surface area contributed by atoms with E-state index in [0.717, 1.165) is 25.3 Å². The molecule has 23 heavy (non-hydrogen) atoms. The molecule has 1 unspecified atom stereocenters. The van der Waals surface area contributed by atoms with E-state index in [4.69, 9.17) is 5.11 Å². The summed E-state index contributed by atoms with van der Waals surface area (Å²) in [6.45, 7) is 1.71. The quantitative estimate of drug-likeness (QED) is 0.681. The zero-order chi connectivity index (χ0) is 17.6. The number of sulfonamides is 1. The van der Waals surface area contributed by atoms with Crippen LogP contribution in [-0.4, -0.2) is 38.6 Å². The highest BCUT2D eigenvalue weighted by atomic mass is 32.2. The van der Waals surface area contributed by atoms with Crippen LogP contribution in [0.3, 0.4) is 0 Å². The number of carbonyl (C=O) groups is 2. The van der Waals surface area contributed by atoms with Gasteiger partial charge in [-0.15, -0.1) is 0 Å². The number of halogens is 1. The standard InChI is InChI=1S/C14H18FNO6S/c1-3-4-12(14(18)19)16-23(20,21)10-6-5-9(11(15)8-10)7-13(17)22-2/h5-6,8,12,16H,3-4,7H2,1-2H3,(H,18,19). The minimum atomic E-state index is -4.19. The van der Waals surface area contributed by atoms with Gasteiger partial charge in [-0.3, -0.25) is 9.59 Å². The Hall–Kier alpha value is -2.00. The Balaban J connectivity index is 3.03. The van der Waals surface area contributed by atoms with E-state index in [1.807, 2.05) is 4.72 Å². The van der Waals surface area contributed by atoms with Crippen molar-refractivity contribution in [3.63, 3.8) is 0 Å². The van der Waals surface area contributed by atoms with Gasteiger partial charge < -0.3 is 9.84 Å². The lowest BCUT2D eigenvalue weighted by molar-refractivity contribution is -0.140. The van der Waals surface area contributed by atoms with Crippen LogP contribution in [0.1, 0.15) is 25.3 Å². The van der Waals surface area contributed by atoms with Crippen LogP contribution >= 0.6 is 0 Å². The van der Waals surface area contributed by atoms with Crippen LogP contribution in [0.5, 0.6) is 0 Å². The fourth-order valence-electron chi connectivity index (χ4n) is 1.84. The first-order valence-electron chi connectivity index (χ1n) is 6.81. The van der Waals surface area contributed by atoms with Gasteiger partial charge in [0.25, 0.3) is 0 Å². The average molecular weight is 347 g/mol. The molecule has 1 rings (SSSR count). The van der Waals surface area contributed by atoms with Gasteiger partial charge in [-0.1, -0.05) is 19.4 Å². The van der Waals surface area contributed by atoms with Crippen molar-refractivity contribution in [3.8, 4) is 0 Å². The lowest BCUT2D eigenvalue weighted by Crippen LogP contribution is -2.40. The maximum absolute atomic E-state index is 13.9. The van der Waals surface area contributed by atoms with Gasteiger partial charge in [0, 0.05) is 0 Å². The number of hydrogen-bond acceptors (Lipinski definition) is 5. The fourth-order valence-corrected chi connectivity index (χ4v) is 3.08. The molecule has 1 atom stereocenters. The van der Waals surface area contributed by atoms with E-state index in [1.165, 1.54) is 0 Å². The molecule has 0 bridgehead atoms. The molecule has 0 aromatic heterocycles. The smallest absolute Gasteiger partial charge is 0.321 e. The van der Waals surface area contributed by atoms with Gasteiger partial charge in [0.05, 0.1) is 18.4 Å². The molecule has 0 aliphatic carbocycles. The van der Waals surface area contributed by atoms with Crippen molar-refractivity contribution < 1.29 is 32.2 Å². The van der Waals surface area contributed by atoms with Gasteiger partial charge in [-0.2, -0.15) is 4.72 Å². The molecule has 0 amide bonds. The van der Waals surface area contributed by atoms with E-state index in [2.05, 4.69) is 4.74 Å². The summed E-state index contributed by atoms with van der Waals surface area (Å²) < 4.78 is 44.6. The maximum Gasteiger partial charge on any atom is 0.321 e. The van der Waals surface area contributed by atoms with Crippen LogP contribution in [0.4, 0.5) is 4.39 Å². The van der Waals surface area contributed by atoms with E-state index in [-0.39, 0.29) is 18.4 Å². The number of carboxylic acid groups (broad SMARTS) is 1. The average Bonchev–Trinajstić information content (AvgIpc) is 2.48. The highest BCUT2D eigenvalue weighted by Crippen LogP contribution is 2.17. The molecule has 0 saturated carbocycles. The van der Waals surface area contributed by atoms with Gasteiger partial charge in [0.1, 0.15) is 11.9 Å². The van der Waals surface area contributed by atoms with Gasteiger partial charge >= 0.3 is 11.9 Å². The summed E-state index contributed by atoms with van der Waals surface area (Å²) in [6.07, 6.45) is 0.243. The molecule has 9 heteroatoms. The van der Waals surface area contributed by atoms with Crippen LogP contribution < -0.4 is 4.72 Å². The van der Waals surface area contributed by atoms with Crippen molar-refractivity contribution in [2.24, 2.45) is 0 Å². The van der Waals surface area contributed by atoms with Crippen molar-refractivity contribution in [2.45, 2.75) is 37.1 Å². The maximum atomic E-state index is 13.9. The number of hydrogen-bond donors (Lipinski definition) is 2. The first-order chi connectivity index (χ1) is 10.7. The SMILES string of the molecule is CCCC(NS(=O)(=O)c1ccc(CC(=O)OC)c(F)c1)C(=O)O. The molecule has 0 fully saturated rings. The second-order valence-corrected chi connectivity index (χ2v) is 6.52. The van der Waals surface area contributed by atoms with Crippen LogP contribution in [0, 0.1) is 5.82 Å². The fraction of sp³-hybridized carbons (Fsp3) is 0.429. The van der Waals surface area contributed by atoms with Crippen LogP contribution in [-0.2, 0) is 30.8 Å². The van der Waals surface area contributed by atoms with E-state index in [1.54, 1.807) is 6.92 Å². The summed E-state index contributed by atoms with van der Waals surface area (Å²) in [6, 6.07) is 1.71. The minimum absolute atomic E-state index is 0.0147. The van der Waals surface area contributed by atoms with Crippen molar-refractivity contribution in [2.75, 3.05) is 7.11 Å². The number of carbonyl (C=O) groups excluding carboxylic acids is 1. The van der Waals surface area contributed by atoms with Gasteiger partial charge in [-0.05, 0) is 24.1 Å². The summed E-state index contributed by atoms with van der Waals surface area (Å²) in [5, 5.41) is 8.99. The third-order valence-corrected chi connectivity index (χ3v) is 4.54. The third-order valence-electron chi connectivity index (χ3n) is 3.07. The number of aliphatic carboxylic acids is 1. The second-order valence-electron chi connectivity index (χ2n) is 4.81. The van der Waals surface area contributed by atoms with E-state index in [0.29, 0.717) is 6.42 Å². The third kappa shape index (κ3) is 5.29. The number of rotatable bonds is 8. The van der Waals surface area contributed by atoms with Crippen molar-refractivity contribution in [1.29, 1.82) is 0 Å². The normalized spacial score (nSPS) is 12.7.